The van der Waals surface area contributed by atoms with Gasteiger partial charge in [0.1, 0.15) is 5.52 Å². The monoisotopic (exact) mass is 147 g/mol. The predicted octanol–water partition coefficient (Wildman–Crippen LogP) is 0.770. The van der Waals surface area contributed by atoms with E-state index < -0.39 is 0 Å². The van der Waals surface area contributed by atoms with Crippen LogP contribution in [0.4, 0.5) is 0 Å². The van der Waals surface area contributed by atoms with E-state index in [0.717, 1.165) is 5.52 Å². The normalized spacial score (nSPS) is 10.2. The van der Waals surface area contributed by atoms with E-state index >= 15 is 0 Å². The SMILES string of the molecule is O=Cc1n[nH]c2cccnc12. The molecule has 54 valence electrons. The van der Waals surface area contributed by atoms with Crippen molar-refractivity contribution in [1.82, 2.24) is 15.2 Å². The van der Waals surface area contributed by atoms with E-state index in [1.54, 1.807) is 12.3 Å². The van der Waals surface area contributed by atoms with Gasteiger partial charge in [0.25, 0.3) is 0 Å². The first-order valence-electron chi connectivity index (χ1n) is 3.16. The number of nitrogens with one attached hydrogen (secondary N) is 1. The van der Waals surface area contributed by atoms with E-state index in [4.69, 9.17) is 0 Å². The molecule has 0 bridgehead atoms. The third kappa shape index (κ3) is 0.797. The molecule has 0 saturated heterocycles. The zero-order valence-electron chi connectivity index (χ0n) is 5.61. The standard InChI is InChI=1S/C7H5N3O/c11-4-6-7-5(9-10-6)2-1-3-8-7/h1-4H,(H,9,10). The predicted molar refractivity (Wildman–Crippen MR) is 39.3 cm³/mol. The Morgan fingerprint density at radius 3 is 3.27 bits per heavy atom. The van der Waals surface area contributed by atoms with Crippen molar-refractivity contribution in [2.24, 2.45) is 0 Å². The van der Waals surface area contributed by atoms with Crippen molar-refractivity contribution in [2.75, 3.05) is 0 Å². The molecule has 0 aliphatic rings. The van der Waals surface area contributed by atoms with E-state index in [-0.39, 0.29) is 0 Å². The lowest BCUT2D eigenvalue weighted by Crippen LogP contribution is -1.80. The highest BCUT2D eigenvalue weighted by Crippen LogP contribution is 2.08. The first-order chi connectivity index (χ1) is 5.42. The number of fused-ring (bicyclic) bond motifs is 1. The highest BCUT2D eigenvalue weighted by atomic mass is 16.1. The highest BCUT2D eigenvalue weighted by Gasteiger charge is 2.02. The Labute approximate surface area is 62.3 Å². The van der Waals surface area contributed by atoms with Crippen LogP contribution in [0.15, 0.2) is 18.3 Å². The molecular weight excluding hydrogens is 142 g/mol. The van der Waals surface area contributed by atoms with Gasteiger partial charge in [-0.2, -0.15) is 5.10 Å². The third-order valence-electron chi connectivity index (χ3n) is 1.46. The van der Waals surface area contributed by atoms with Crippen LogP contribution < -0.4 is 0 Å². The summed E-state index contributed by atoms with van der Waals surface area (Å²) in [5, 5.41) is 6.45. The number of carbonyl (C=O) groups excluding carboxylic acids is 1. The lowest BCUT2D eigenvalue weighted by molar-refractivity contribution is 0.112. The fraction of sp³-hybridized carbons (Fsp3) is 0. The maximum Gasteiger partial charge on any atom is 0.172 e. The van der Waals surface area contributed by atoms with Gasteiger partial charge >= 0.3 is 0 Å². The molecule has 2 heterocycles. The lowest BCUT2D eigenvalue weighted by Gasteiger charge is -1.83. The molecule has 4 nitrogen and oxygen atoms in total. The van der Waals surface area contributed by atoms with Gasteiger partial charge in [0.05, 0.1) is 5.52 Å². The Hall–Kier alpha value is -1.71. The zero-order chi connectivity index (χ0) is 7.68. The average molecular weight is 147 g/mol. The van der Waals surface area contributed by atoms with Gasteiger partial charge in [-0.1, -0.05) is 0 Å². The number of nitrogens with zero attached hydrogens (tertiary/aromatic N) is 2. The van der Waals surface area contributed by atoms with Crippen molar-refractivity contribution in [3.63, 3.8) is 0 Å². The number of aldehydes is 1. The largest absolute Gasteiger partial charge is 0.296 e. The summed E-state index contributed by atoms with van der Waals surface area (Å²) in [4.78, 5) is 14.3. The first-order valence-corrected chi connectivity index (χ1v) is 3.16. The van der Waals surface area contributed by atoms with Crippen LogP contribution in [0.1, 0.15) is 10.5 Å². The molecule has 0 aliphatic carbocycles. The van der Waals surface area contributed by atoms with Gasteiger partial charge < -0.3 is 0 Å². The van der Waals surface area contributed by atoms with Crippen molar-refractivity contribution < 1.29 is 4.79 Å². The Morgan fingerprint density at radius 2 is 2.45 bits per heavy atom. The van der Waals surface area contributed by atoms with E-state index in [2.05, 4.69) is 15.2 Å². The molecule has 0 aromatic carbocycles. The van der Waals surface area contributed by atoms with Crippen LogP contribution in [-0.2, 0) is 0 Å². The Bertz CT molecular complexity index is 393. The summed E-state index contributed by atoms with van der Waals surface area (Å²) in [5.41, 5.74) is 1.78. The average Bonchev–Trinajstić information content (AvgIpc) is 2.47. The molecule has 4 heteroatoms. The molecule has 0 amide bonds. The van der Waals surface area contributed by atoms with Crippen molar-refractivity contribution in [3.8, 4) is 0 Å². The van der Waals surface area contributed by atoms with Gasteiger partial charge in [-0.15, -0.1) is 0 Å². The summed E-state index contributed by atoms with van der Waals surface area (Å²) in [6.07, 6.45) is 2.32. The molecule has 0 saturated carbocycles. The summed E-state index contributed by atoms with van der Waals surface area (Å²) in [6.45, 7) is 0. The number of H-pyrrole nitrogens is 1. The van der Waals surface area contributed by atoms with Crippen LogP contribution in [0.5, 0.6) is 0 Å². The third-order valence-corrected chi connectivity index (χ3v) is 1.46. The molecule has 0 aliphatic heterocycles. The van der Waals surface area contributed by atoms with Crippen molar-refractivity contribution >= 4 is 17.3 Å². The number of rotatable bonds is 1. The van der Waals surface area contributed by atoms with Gasteiger partial charge in [-0.3, -0.25) is 14.9 Å². The van der Waals surface area contributed by atoms with E-state index in [0.29, 0.717) is 17.5 Å². The molecule has 2 rings (SSSR count). The van der Waals surface area contributed by atoms with Crippen LogP contribution in [0.25, 0.3) is 11.0 Å². The Morgan fingerprint density at radius 1 is 1.55 bits per heavy atom. The molecule has 0 fully saturated rings. The molecule has 0 spiro atoms. The summed E-state index contributed by atoms with van der Waals surface area (Å²) >= 11 is 0. The number of pyridine rings is 1. The second-order valence-electron chi connectivity index (χ2n) is 2.13. The van der Waals surface area contributed by atoms with Crippen molar-refractivity contribution in [3.05, 3.63) is 24.0 Å². The Balaban J connectivity index is 2.86. The van der Waals surface area contributed by atoms with E-state index in [1.165, 1.54) is 0 Å². The summed E-state index contributed by atoms with van der Waals surface area (Å²) in [5.74, 6) is 0. The number of hydrogen-bond acceptors (Lipinski definition) is 3. The fourth-order valence-corrected chi connectivity index (χ4v) is 0.955. The van der Waals surface area contributed by atoms with Gasteiger partial charge in [0.15, 0.2) is 12.0 Å². The van der Waals surface area contributed by atoms with Gasteiger partial charge in [0, 0.05) is 6.20 Å². The van der Waals surface area contributed by atoms with Crippen LogP contribution in [0, 0.1) is 0 Å². The summed E-state index contributed by atoms with van der Waals surface area (Å²) < 4.78 is 0. The molecule has 2 aromatic rings. The van der Waals surface area contributed by atoms with Gasteiger partial charge in [-0.05, 0) is 12.1 Å². The topological polar surface area (TPSA) is 58.6 Å². The van der Waals surface area contributed by atoms with Crippen LogP contribution in [-0.4, -0.2) is 21.5 Å². The molecule has 0 radical (unpaired) electrons. The van der Waals surface area contributed by atoms with E-state index in [1.807, 2.05) is 6.07 Å². The van der Waals surface area contributed by atoms with Crippen LogP contribution >= 0.6 is 0 Å². The molecular formula is C7H5N3O. The maximum absolute atomic E-state index is 10.4. The molecule has 11 heavy (non-hydrogen) atoms. The second-order valence-corrected chi connectivity index (χ2v) is 2.13. The van der Waals surface area contributed by atoms with Crippen LogP contribution in [0.3, 0.4) is 0 Å². The van der Waals surface area contributed by atoms with Gasteiger partial charge in [0.2, 0.25) is 0 Å². The quantitative estimate of drug-likeness (QED) is 0.606. The van der Waals surface area contributed by atoms with Crippen molar-refractivity contribution in [2.45, 2.75) is 0 Å². The molecule has 2 aromatic heterocycles. The maximum atomic E-state index is 10.4. The minimum Gasteiger partial charge on any atom is -0.296 e. The fourth-order valence-electron chi connectivity index (χ4n) is 0.955. The van der Waals surface area contributed by atoms with E-state index in [9.17, 15) is 4.79 Å². The first kappa shape index (κ1) is 6.03. The number of hydrogen-bond donors (Lipinski definition) is 1. The minimum absolute atomic E-state index is 0.362. The highest BCUT2D eigenvalue weighted by molar-refractivity contribution is 5.91. The Kier molecular flexibility index (Phi) is 1.18. The van der Waals surface area contributed by atoms with Gasteiger partial charge in [-0.25, -0.2) is 0 Å². The van der Waals surface area contributed by atoms with Crippen molar-refractivity contribution in [1.29, 1.82) is 0 Å². The summed E-state index contributed by atoms with van der Waals surface area (Å²) in [7, 11) is 0. The molecule has 0 unspecified atom stereocenters. The summed E-state index contributed by atoms with van der Waals surface area (Å²) in [6, 6.07) is 3.61. The molecule has 1 N–H and O–H groups in total. The number of carbonyl (C=O) groups is 1. The lowest BCUT2D eigenvalue weighted by atomic mass is 10.3. The minimum atomic E-state index is 0.362. The number of aromatic amines is 1. The van der Waals surface area contributed by atoms with Crippen LogP contribution in [0.2, 0.25) is 0 Å². The zero-order valence-corrected chi connectivity index (χ0v) is 5.61. The smallest absolute Gasteiger partial charge is 0.172 e. The molecule has 0 atom stereocenters. The number of aromatic nitrogens is 3. The second kappa shape index (κ2) is 2.16.